The lowest BCUT2D eigenvalue weighted by atomic mass is 10.1. The van der Waals surface area contributed by atoms with Crippen LogP contribution >= 0.6 is 0 Å². The molecule has 0 fully saturated rings. The van der Waals surface area contributed by atoms with Gasteiger partial charge in [-0.15, -0.1) is 0 Å². The highest BCUT2D eigenvalue weighted by Gasteiger charge is 2.20. The van der Waals surface area contributed by atoms with E-state index in [0.29, 0.717) is 17.3 Å². The van der Waals surface area contributed by atoms with Crippen LogP contribution in [0.1, 0.15) is 11.1 Å². The van der Waals surface area contributed by atoms with Gasteiger partial charge in [-0.3, -0.25) is 0 Å². The van der Waals surface area contributed by atoms with Crippen molar-refractivity contribution in [2.75, 3.05) is 6.79 Å². The van der Waals surface area contributed by atoms with E-state index in [1.165, 1.54) is 18.2 Å². The molecule has 0 saturated carbocycles. The Bertz CT molecular complexity index is 1200. The maximum atomic E-state index is 14.3. The summed E-state index contributed by atoms with van der Waals surface area (Å²) in [5.74, 6) is 0.759. The Hall–Kier alpha value is -3.41. The summed E-state index contributed by atoms with van der Waals surface area (Å²) in [6.45, 7) is 2.17. The minimum absolute atomic E-state index is 0.00491. The molecule has 4 nitrogen and oxygen atoms in total. The first-order chi connectivity index (χ1) is 13.6. The van der Waals surface area contributed by atoms with Gasteiger partial charge in [0.05, 0.1) is 17.6 Å². The van der Waals surface area contributed by atoms with Crippen molar-refractivity contribution in [1.82, 2.24) is 9.55 Å². The molecule has 140 valence electrons. The number of fused-ring (bicyclic) bond motifs is 2. The van der Waals surface area contributed by atoms with Crippen LogP contribution in [0.25, 0.3) is 22.4 Å². The predicted molar refractivity (Wildman–Crippen MR) is 101 cm³/mol. The summed E-state index contributed by atoms with van der Waals surface area (Å²) in [6, 6.07) is 15.2. The highest BCUT2D eigenvalue weighted by Crippen LogP contribution is 2.37. The van der Waals surface area contributed by atoms with Crippen LogP contribution < -0.4 is 9.47 Å². The Morgan fingerprint density at radius 2 is 1.71 bits per heavy atom. The van der Waals surface area contributed by atoms with Gasteiger partial charge in [-0.25, -0.2) is 13.8 Å². The molecule has 0 radical (unpaired) electrons. The largest absolute Gasteiger partial charge is 0.454 e. The van der Waals surface area contributed by atoms with Crippen LogP contribution in [0.4, 0.5) is 8.78 Å². The first-order valence-electron chi connectivity index (χ1n) is 8.90. The number of hydrogen-bond donors (Lipinski definition) is 0. The van der Waals surface area contributed by atoms with E-state index in [2.05, 4.69) is 0 Å². The summed E-state index contributed by atoms with van der Waals surface area (Å²) in [7, 11) is 0. The van der Waals surface area contributed by atoms with Gasteiger partial charge in [0.15, 0.2) is 11.5 Å². The minimum atomic E-state index is -0.578. The van der Waals surface area contributed by atoms with Crippen LogP contribution in [0.5, 0.6) is 11.5 Å². The molecule has 1 aliphatic heterocycles. The molecular formula is C22H16F2N2O2. The third-order valence-corrected chi connectivity index (χ3v) is 4.99. The maximum Gasteiger partial charge on any atom is 0.231 e. The monoisotopic (exact) mass is 378 g/mol. The summed E-state index contributed by atoms with van der Waals surface area (Å²) >= 11 is 0. The third-order valence-electron chi connectivity index (χ3n) is 4.99. The summed E-state index contributed by atoms with van der Waals surface area (Å²) < 4.78 is 41.3. The number of rotatable bonds is 3. The smallest absolute Gasteiger partial charge is 0.231 e. The van der Waals surface area contributed by atoms with Crippen molar-refractivity contribution in [2.24, 2.45) is 0 Å². The average Bonchev–Trinajstić information content (AvgIpc) is 3.29. The Kier molecular flexibility index (Phi) is 3.79. The van der Waals surface area contributed by atoms with E-state index >= 15 is 0 Å². The van der Waals surface area contributed by atoms with E-state index in [0.717, 1.165) is 22.2 Å². The number of imidazole rings is 1. The van der Waals surface area contributed by atoms with Crippen LogP contribution in [0.3, 0.4) is 0 Å². The Balaban J connectivity index is 1.73. The number of nitrogens with zero attached hydrogens (tertiary/aromatic N) is 2. The van der Waals surface area contributed by atoms with Gasteiger partial charge in [-0.1, -0.05) is 18.2 Å². The van der Waals surface area contributed by atoms with E-state index in [9.17, 15) is 8.78 Å². The van der Waals surface area contributed by atoms with Crippen molar-refractivity contribution in [1.29, 1.82) is 0 Å². The molecule has 0 atom stereocenters. The van der Waals surface area contributed by atoms with Crippen LogP contribution in [0.2, 0.25) is 0 Å². The van der Waals surface area contributed by atoms with Gasteiger partial charge in [-0.2, -0.15) is 0 Å². The van der Waals surface area contributed by atoms with Gasteiger partial charge in [-0.05, 0) is 48.9 Å². The average molecular weight is 378 g/mol. The van der Waals surface area contributed by atoms with Gasteiger partial charge < -0.3 is 14.0 Å². The molecule has 0 amide bonds. The molecule has 5 rings (SSSR count). The molecule has 0 unspecified atom stereocenters. The molecule has 0 saturated heterocycles. The van der Waals surface area contributed by atoms with Crippen molar-refractivity contribution in [2.45, 2.75) is 13.5 Å². The number of hydrogen-bond acceptors (Lipinski definition) is 3. The van der Waals surface area contributed by atoms with Gasteiger partial charge in [0.1, 0.15) is 17.5 Å². The van der Waals surface area contributed by atoms with Crippen LogP contribution in [-0.2, 0) is 6.54 Å². The Morgan fingerprint density at radius 1 is 0.964 bits per heavy atom. The van der Waals surface area contributed by atoms with E-state index in [-0.39, 0.29) is 18.9 Å². The second-order valence-electron chi connectivity index (χ2n) is 6.73. The van der Waals surface area contributed by atoms with Gasteiger partial charge in [0.25, 0.3) is 0 Å². The zero-order chi connectivity index (χ0) is 19.3. The molecule has 0 spiro atoms. The maximum absolute atomic E-state index is 14.3. The van der Waals surface area contributed by atoms with Crippen molar-refractivity contribution in [3.8, 4) is 22.9 Å². The van der Waals surface area contributed by atoms with E-state index in [1.807, 2.05) is 47.9 Å². The second kappa shape index (κ2) is 6.34. The van der Waals surface area contributed by atoms with E-state index in [4.69, 9.17) is 14.5 Å². The summed E-state index contributed by atoms with van der Waals surface area (Å²) in [4.78, 5) is 4.79. The summed E-state index contributed by atoms with van der Waals surface area (Å²) in [6.07, 6.45) is 0. The lowest BCUT2D eigenvalue weighted by molar-refractivity contribution is 0.174. The second-order valence-corrected chi connectivity index (χ2v) is 6.73. The number of benzene rings is 3. The Labute approximate surface area is 160 Å². The fourth-order valence-corrected chi connectivity index (χ4v) is 3.54. The Morgan fingerprint density at radius 3 is 2.54 bits per heavy atom. The van der Waals surface area contributed by atoms with Crippen molar-refractivity contribution in [3.05, 3.63) is 77.4 Å². The minimum Gasteiger partial charge on any atom is -0.454 e. The van der Waals surface area contributed by atoms with Crippen molar-refractivity contribution < 1.29 is 18.3 Å². The number of aryl methyl sites for hydroxylation is 1. The molecule has 4 aromatic rings. The number of para-hydroxylation sites is 1. The number of ether oxygens (including phenoxy) is 2. The van der Waals surface area contributed by atoms with E-state index in [1.54, 1.807) is 0 Å². The van der Waals surface area contributed by atoms with Crippen molar-refractivity contribution >= 4 is 11.0 Å². The molecule has 3 aromatic carbocycles. The first-order valence-corrected chi connectivity index (χ1v) is 8.90. The number of aromatic nitrogens is 2. The predicted octanol–water partition coefficient (Wildman–Crippen LogP) is 5.07. The SMILES string of the molecule is Cc1cccc2c1nc(-c1ccc3c(c1)OCO3)n2Cc1c(F)cccc1F. The van der Waals surface area contributed by atoms with Crippen LogP contribution in [0, 0.1) is 18.6 Å². The first kappa shape index (κ1) is 16.7. The van der Waals surface area contributed by atoms with Gasteiger partial charge >= 0.3 is 0 Å². The topological polar surface area (TPSA) is 36.3 Å². The zero-order valence-electron chi connectivity index (χ0n) is 15.1. The van der Waals surface area contributed by atoms with Crippen LogP contribution in [-0.4, -0.2) is 16.3 Å². The van der Waals surface area contributed by atoms with Gasteiger partial charge in [0, 0.05) is 11.1 Å². The molecule has 0 bridgehead atoms. The highest BCUT2D eigenvalue weighted by atomic mass is 19.1. The normalized spacial score (nSPS) is 12.7. The number of halogens is 2. The summed E-state index contributed by atoms with van der Waals surface area (Å²) in [5, 5.41) is 0. The molecule has 6 heteroatoms. The van der Waals surface area contributed by atoms with Crippen LogP contribution in [0.15, 0.2) is 54.6 Å². The van der Waals surface area contributed by atoms with Gasteiger partial charge in [0.2, 0.25) is 6.79 Å². The van der Waals surface area contributed by atoms with E-state index < -0.39 is 11.6 Å². The van der Waals surface area contributed by atoms with Crippen molar-refractivity contribution in [3.63, 3.8) is 0 Å². The molecular weight excluding hydrogens is 362 g/mol. The standard InChI is InChI=1S/C22H16F2N2O2/c1-13-4-2-7-18-21(13)25-22(14-8-9-19-20(10-14)28-12-27-19)26(18)11-15-16(23)5-3-6-17(15)24/h2-10H,11-12H2,1H3. The summed E-state index contributed by atoms with van der Waals surface area (Å²) in [5.41, 5.74) is 3.40. The molecule has 0 N–H and O–H groups in total. The molecule has 2 heterocycles. The quantitative estimate of drug-likeness (QED) is 0.500. The fourth-order valence-electron chi connectivity index (χ4n) is 3.54. The fraction of sp³-hybridized carbons (Fsp3) is 0.136. The lowest BCUT2D eigenvalue weighted by Gasteiger charge is -2.12. The lowest BCUT2D eigenvalue weighted by Crippen LogP contribution is -2.06. The zero-order valence-corrected chi connectivity index (χ0v) is 15.1. The molecule has 1 aromatic heterocycles. The highest BCUT2D eigenvalue weighted by molar-refractivity contribution is 5.84. The molecule has 0 aliphatic carbocycles. The third kappa shape index (κ3) is 2.60. The molecule has 28 heavy (non-hydrogen) atoms. The molecule has 1 aliphatic rings.